The van der Waals surface area contributed by atoms with Gasteiger partial charge in [0.05, 0.1) is 33.4 Å². The summed E-state index contributed by atoms with van der Waals surface area (Å²) in [6.07, 6.45) is 5.77. The zero-order chi connectivity index (χ0) is 46.1. The van der Waals surface area contributed by atoms with Crippen LogP contribution in [0.25, 0.3) is 72.3 Å². The smallest absolute Gasteiger partial charge is 0.269 e. The zero-order valence-corrected chi connectivity index (χ0v) is 39.9. The Morgan fingerprint density at radius 1 is 0.500 bits per heavy atom. The maximum atomic E-state index is 6.80. The lowest BCUT2D eigenvalue weighted by atomic mass is 9.80. The van der Waals surface area contributed by atoms with Gasteiger partial charge >= 0.3 is 0 Å². The Bertz CT molecular complexity index is 3410. The standard InChI is InChI=1S/C61H58N4O/c1-40-31-58(62-38-53(40)42-23-26-44(27-24-42)59(2,3)4)65-54-30-25-43(41-17-12-11-13-18-41)32-52(54)51-29-28-50(37-57(51)65)66-49-20-16-19-47(36-49)63-39-64(56-22-15-14-21-55(56)63)48-34-45(60(5,6)7)33-46(35-48)61(8,9)10/h11-38H,1-10H3. The van der Waals surface area contributed by atoms with E-state index in [1.165, 1.54) is 27.8 Å². The first-order chi connectivity index (χ1) is 31.5. The molecule has 0 aliphatic carbocycles. The van der Waals surface area contributed by atoms with E-state index >= 15 is 0 Å². The first-order valence-corrected chi connectivity index (χ1v) is 23.1. The summed E-state index contributed by atoms with van der Waals surface area (Å²) in [5.74, 6) is 2.34. The third kappa shape index (κ3) is 7.97. The molecule has 0 N–H and O–H groups in total. The van der Waals surface area contributed by atoms with E-state index in [2.05, 4.69) is 247 Å². The van der Waals surface area contributed by atoms with Gasteiger partial charge in [0, 0.05) is 28.6 Å². The molecule has 66 heavy (non-hydrogen) atoms. The van der Waals surface area contributed by atoms with Crippen LogP contribution in [0.15, 0.2) is 170 Å². The molecule has 0 saturated heterocycles. The average Bonchev–Trinajstić information content (AvgIpc) is 3.84. The fourth-order valence-corrected chi connectivity index (χ4v) is 9.11. The Morgan fingerprint density at radius 2 is 1.17 bits per heavy atom. The van der Waals surface area contributed by atoms with E-state index in [1.54, 1.807) is 0 Å². The SMILES string of the molecule is Cc1cc(-n2c3ccc(-c4ccccc4)cc3c3ccc(Oc4cccc(-n5[c-][n+](-c6cc(C(C)(C)C)cc(C(C)(C)C)c6)c6ccccc65)c4)cc32)ncc1-c1ccc(C(C)(C)C)cc1. The van der Waals surface area contributed by atoms with E-state index in [0.29, 0.717) is 0 Å². The van der Waals surface area contributed by atoms with Gasteiger partial charge in [0.15, 0.2) is 0 Å². The number of aryl methyl sites for hydroxylation is 1. The molecule has 0 unspecified atom stereocenters. The van der Waals surface area contributed by atoms with Gasteiger partial charge in [0.25, 0.3) is 6.33 Å². The molecule has 5 heteroatoms. The Kier molecular flexibility index (Phi) is 10.4. The maximum Gasteiger partial charge on any atom is 0.269 e. The van der Waals surface area contributed by atoms with Crippen LogP contribution >= 0.6 is 0 Å². The van der Waals surface area contributed by atoms with Crippen LogP contribution in [0.1, 0.15) is 84.6 Å². The molecule has 7 aromatic carbocycles. The van der Waals surface area contributed by atoms with E-state index in [4.69, 9.17) is 9.72 Å². The minimum Gasteiger partial charge on any atom is -0.458 e. The molecule has 3 aromatic heterocycles. The third-order valence-electron chi connectivity index (χ3n) is 13.0. The van der Waals surface area contributed by atoms with Crippen LogP contribution < -0.4 is 9.30 Å². The first-order valence-electron chi connectivity index (χ1n) is 23.1. The van der Waals surface area contributed by atoms with Crippen molar-refractivity contribution < 1.29 is 9.30 Å². The Balaban J connectivity index is 1.05. The molecule has 10 aromatic rings. The number of hydrogen-bond donors (Lipinski definition) is 0. The fraction of sp³-hybridized carbons (Fsp3) is 0.213. The second kappa shape index (κ2) is 16.0. The number of fused-ring (bicyclic) bond motifs is 4. The average molecular weight is 863 g/mol. The van der Waals surface area contributed by atoms with Crippen LogP contribution in [-0.2, 0) is 16.2 Å². The normalized spacial score (nSPS) is 12.4. The molecule has 0 radical (unpaired) electrons. The van der Waals surface area contributed by atoms with Crippen molar-refractivity contribution in [1.82, 2.24) is 14.1 Å². The molecule has 10 rings (SSSR count). The number of nitrogens with zero attached hydrogens (tertiary/aromatic N) is 4. The van der Waals surface area contributed by atoms with Crippen LogP contribution in [0, 0.1) is 13.3 Å². The van der Waals surface area contributed by atoms with Crippen molar-refractivity contribution >= 4 is 32.8 Å². The van der Waals surface area contributed by atoms with Gasteiger partial charge in [0.1, 0.15) is 17.3 Å². The van der Waals surface area contributed by atoms with Crippen molar-refractivity contribution in [3.05, 3.63) is 199 Å². The van der Waals surface area contributed by atoms with Crippen LogP contribution in [0.5, 0.6) is 11.5 Å². The van der Waals surface area contributed by atoms with Crippen molar-refractivity contribution in [2.45, 2.75) is 85.5 Å². The van der Waals surface area contributed by atoms with Crippen molar-refractivity contribution in [3.63, 3.8) is 0 Å². The van der Waals surface area contributed by atoms with Crippen molar-refractivity contribution in [2.24, 2.45) is 0 Å². The second-order valence-electron chi connectivity index (χ2n) is 20.9. The summed E-state index contributed by atoms with van der Waals surface area (Å²) in [5.41, 5.74) is 16.1. The summed E-state index contributed by atoms with van der Waals surface area (Å²) in [7, 11) is 0. The summed E-state index contributed by atoms with van der Waals surface area (Å²) < 4.78 is 13.4. The lowest BCUT2D eigenvalue weighted by Crippen LogP contribution is -2.31. The second-order valence-corrected chi connectivity index (χ2v) is 20.9. The van der Waals surface area contributed by atoms with Crippen molar-refractivity contribution in [3.8, 4) is 50.9 Å². The molecule has 0 aliphatic rings. The molecule has 0 bridgehead atoms. The number of aromatic nitrogens is 4. The fourth-order valence-electron chi connectivity index (χ4n) is 9.11. The van der Waals surface area contributed by atoms with Crippen molar-refractivity contribution in [2.75, 3.05) is 0 Å². The van der Waals surface area contributed by atoms with Gasteiger partial charge in [-0.1, -0.05) is 159 Å². The highest BCUT2D eigenvalue weighted by atomic mass is 16.5. The molecule has 328 valence electrons. The summed E-state index contributed by atoms with van der Waals surface area (Å²) in [4.78, 5) is 5.17. The molecule has 0 amide bonds. The quantitative estimate of drug-likeness (QED) is 0.118. The summed E-state index contributed by atoms with van der Waals surface area (Å²) in [6, 6.07) is 58.7. The van der Waals surface area contributed by atoms with Gasteiger partial charge in [-0.15, -0.1) is 0 Å². The summed E-state index contributed by atoms with van der Waals surface area (Å²) in [5, 5.41) is 2.29. The minimum atomic E-state index is -0.0114. The third-order valence-corrected chi connectivity index (χ3v) is 13.0. The van der Waals surface area contributed by atoms with Crippen LogP contribution in [0.2, 0.25) is 0 Å². The van der Waals surface area contributed by atoms with Gasteiger partial charge in [-0.3, -0.25) is 13.7 Å². The monoisotopic (exact) mass is 862 g/mol. The van der Waals surface area contributed by atoms with Gasteiger partial charge in [-0.05, 0) is 123 Å². The Labute approximate surface area is 389 Å². The highest BCUT2D eigenvalue weighted by Crippen LogP contribution is 2.39. The van der Waals surface area contributed by atoms with Crippen molar-refractivity contribution in [1.29, 1.82) is 0 Å². The zero-order valence-electron chi connectivity index (χ0n) is 39.9. The molecular weight excluding hydrogens is 805 g/mol. The number of para-hydroxylation sites is 2. The molecule has 0 aliphatic heterocycles. The van der Waals surface area contributed by atoms with Crippen LogP contribution in [0.3, 0.4) is 0 Å². The minimum absolute atomic E-state index is 0.0114. The predicted molar refractivity (Wildman–Crippen MR) is 274 cm³/mol. The van der Waals surface area contributed by atoms with Gasteiger partial charge in [-0.2, -0.15) is 0 Å². The number of imidazole rings is 1. The van der Waals surface area contributed by atoms with E-state index in [9.17, 15) is 0 Å². The highest BCUT2D eigenvalue weighted by Gasteiger charge is 2.23. The van der Waals surface area contributed by atoms with Crippen LogP contribution in [0.4, 0.5) is 0 Å². The Hall–Kier alpha value is -7.24. The lowest BCUT2D eigenvalue weighted by Gasteiger charge is -2.26. The lowest BCUT2D eigenvalue weighted by molar-refractivity contribution is -0.572. The molecule has 3 heterocycles. The summed E-state index contributed by atoms with van der Waals surface area (Å²) in [6.45, 7) is 22.6. The van der Waals surface area contributed by atoms with E-state index in [-0.39, 0.29) is 16.2 Å². The van der Waals surface area contributed by atoms with Gasteiger partial charge in [-0.25, -0.2) is 4.98 Å². The number of hydrogen-bond acceptors (Lipinski definition) is 2. The number of benzene rings is 7. The molecular formula is C61H58N4O. The topological polar surface area (TPSA) is 35.9 Å². The molecule has 0 atom stereocenters. The maximum absolute atomic E-state index is 6.80. The predicted octanol–water partition coefficient (Wildman–Crippen LogP) is 15.5. The van der Waals surface area contributed by atoms with Crippen LogP contribution in [-0.4, -0.2) is 14.1 Å². The molecule has 0 saturated carbocycles. The summed E-state index contributed by atoms with van der Waals surface area (Å²) >= 11 is 0. The van der Waals surface area contributed by atoms with Gasteiger partial charge in [0.2, 0.25) is 0 Å². The Morgan fingerprint density at radius 3 is 1.86 bits per heavy atom. The molecule has 0 fully saturated rings. The largest absolute Gasteiger partial charge is 0.458 e. The molecule has 5 nitrogen and oxygen atoms in total. The number of rotatable bonds is 7. The van der Waals surface area contributed by atoms with Gasteiger partial charge < -0.3 is 4.74 Å². The number of ether oxygens (including phenoxy) is 1. The van der Waals surface area contributed by atoms with E-state index in [1.807, 2.05) is 12.3 Å². The molecule has 0 spiro atoms. The first kappa shape index (κ1) is 42.7. The van der Waals surface area contributed by atoms with E-state index in [0.717, 1.165) is 78.2 Å². The van der Waals surface area contributed by atoms with E-state index < -0.39 is 0 Å². The number of pyridine rings is 1. The highest BCUT2D eigenvalue weighted by molar-refractivity contribution is 6.10.